The lowest BCUT2D eigenvalue weighted by molar-refractivity contribution is -0.172. The molecule has 2 aliphatic heterocycles. The molecule has 4 heterocycles. The van der Waals surface area contributed by atoms with Crippen molar-refractivity contribution in [3.05, 3.63) is 93.0 Å². The van der Waals surface area contributed by atoms with Gasteiger partial charge < -0.3 is 30.8 Å². The van der Waals surface area contributed by atoms with E-state index >= 15 is 4.39 Å². The fourth-order valence-corrected chi connectivity index (χ4v) is 5.56. The molecule has 6 rings (SSSR count). The van der Waals surface area contributed by atoms with Crippen molar-refractivity contribution in [2.75, 3.05) is 11.9 Å². The number of benzene rings is 2. The second-order valence-corrected chi connectivity index (χ2v) is 10.7. The summed E-state index contributed by atoms with van der Waals surface area (Å²) in [5, 5.41) is 16.5. The highest BCUT2D eigenvalue weighted by Gasteiger charge is 2.45. The molecule has 0 saturated heterocycles. The van der Waals surface area contributed by atoms with Crippen molar-refractivity contribution in [2.24, 2.45) is 5.73 Å². The number of nitrogens with two attached hydrogens (primary N) is 1. The van der Waals surface area contributed by atoms with Gasteiger partial charge in [-0.05, 0) is 36.6 Å². The highest BCUT2D eigenvalue weighted by Crippen LogP contribution is 2.39. The molecule has 0 bridgehead atoms. The van der Waals surface area contributed by atoms with Gasteiger partial charge in [0, 0.05) is 22.6 Å². The number of ether oxygens (including phenoxy) is 1. The van der Waals surface area contributed by atoms with E-state index in [1.807, 2.05) is 30.3 Å². The van der Waals surface area contributed by atoms with Crippen molar-refractivity contribution in [3.63, 3.8) is 0 Å². The Balaban J connectivity index is 1.21. The average Bonchev–Trinajstić information content (AvgIpc) is 3.35. The Morgan fingerprint density at radius 1 is 1.19 bits per heavy atom. The molecule has 11 nitrogen and oxygen atoms in total. The number of fused-ring (bicyclic) bond motifs is 5. The lowest BCUT2D eigenvalue weighted by Gasteiger charge is -2.31. The molecule has 0 radical (unpaired) electrons. The van der Waals surface area contributed by atoms with Gasteiger partial charge in [0.2, 0.25) is 11.8 Å². The largest absolute Gasteiger partial charge is 0.458 e. The SMILES string of the molecule is CC[C@@]1(O)C(=O)OCc2c1cc1n(c2=O)Cc2cc3cc(NC(=O)CNC(=O)C(N)Cc4ccccc4)c(F)cc3nc2-1. The van der Waals surface area contributed by atoms with Crippen LogP contribution in [0.2, 0.25) is 0 Å². The van der Waals surface area contributed by atoms with Crippen LogP contribution < -0.4 is 21.9 Å². The van der Waals surface area contributed by atoms with Gasteiger partial charge >= 0.3 is 5.97 Å². The van der Waals surface area contributed by atoms with E-state index in [1.54, 1.807) is 19.1 Å². The fraction of sp³-hybridized carbons (Fsp3) is 0.258. The van der Waals surface area contributed by atoms with Gasteiger partial charge in [-0.2, -0.15) is 0 Å². The lowest BCUT2D eigenvalue weighted by atomic mass is 9.86. The van der Waals surface area contributed by atoms with Crippen LogP contribution in [0.15, 0.2) is 59.4 Å². The maximum atomic E-state index is 15.1. The Bertz CT molecular complexity index is 1870. The van der Waals surface area contributed by atoms with Gasteiger partial charge in [-0.1, -0.05) is 37.3 Å². The molecule has 1 unspecified atom stereocenters. The summed E-state index contributed by atoms with van der Waals surface area (Å²) in [6, 6.07) is 14.3. The first-order valence-corrected chi connectivity index (χ1v) is 13.8. The van der Waals surface area contributed by atoms with Crippen LogP contribution >= 0.6 is 0 Å². The maximum Gasteiger partial charge on any atom is 0.343 e. The van der Waals surface area contributed by atoms with Crippen LogP contribution in [0.5, 0.6) is 0 Å². The molecule has 43 heavy (non-hydrogen) atoms. The highest BCUT2D eigenvalue weighted by atomic mass is 19.1. The lowest BCUT2D eigenvalue weighted by Crippen LogP contribution is -2.44. The number of amides is 2. The number of halogens is 1. The van der Waals surface area contributed by atoms with Gasteiger partial charge in [0.05, 0.1) is 47.3 Å². The summed E-state index contributed by atoms with van der Waals surface area (Å²) in [4.78, 5) is 55.2. The van der Waals surface area contributed by atoms with Crippen LogP contribution in [-0.4, -0.2) is 45.0 Å². The molecule has 2 aromatic carbocycles. The van der Waals surface area contributed by atoms with E-state index in [0.29, 0.717) is 28.8 Å². The molecule has 220 valence electrons. The number of rotatable bonds is 7. The third kappa shape index (κ3) is 4.94. The van der Waals surface area contributed by atoms with Gasteiger partial charge in [-0.3, -0.25) is 14.4 Å². The molecular formula is C31H28FN5O6. The summed E-state index contributed by atoms with van der Waals surface area (Å²) in [5.74, 6) is -2.72. The predicted molar refractivity (Wildman–Crippen MR) is 154 cm³/mol. The van der Waals surface area contributed by atoms with Crippen molar-refractivity contribution in [3.8, 4) is 11.4 Å². The van der Waals surface area contributed by atoms with E-state index in [2.05, 4.69) is 15.6 Å². The van der Waals surface area contributed by atoms with Crippen molar-refractivity contribution >= 4 is 34.4 Å². The Hall–Kier alpha value is -4.94. The number of anilines is 1. The van der Waals surface area contributed by atoms with Crippen LogP contribution in [0, 0.1) is 5.82 Å². The van der Waals surface area contributed by atoms with E-state index in [1.165, 1.54) is 16.7 Å². The van der Waals surface area contributed by atoms with Crippen LogP contribution in [0.25, 0.3) is 22.3 Å². The van der Waals surface area contributed by atoms with Gasteiger partial charge in [0.1, 0.15) is 12.4 Å². The minimum absolute atomic E-state index is 0.0175. The van der Waals surface area contributed by atoms with Gasteiger partial charge in [-0.25, -0.2) is 14.2 Å². The zero-order valence-corrected chi connectivity index (χ0v) is 23.1. The predicted octanol–water partition coefficient (Wildman–Crippen LogP) is 1.84. The molecule has 2 aromatic heterocycles. The third-order valence-electron chi connectivity index (χ3n) is 7.93. The van der Waals surface area contributed by atoms with Crippen LogP contribution in [0.1, 0.15) is 35.6 Å². The normalized spacial score (nSPS) is 17.4. The second-order valence-electron chi connectivity index (χ2n) is 10.7. The van der Waals surface area contributed by atoms with Gasteiger partial charge in [0.15, 0.2) is 5.60 Å². The molecule has 4 aromatic rings. The number of aromatic nitrogens is 2. The summed E-state index contributed by atoms with van der Waals surface area (Å²) in [7, 11) is 0. The van der Waals surface area contributed by atoms with E-state index in [-0.39, 0.29) is 41.9 Å². The van der Waals surface area contributed by atoms with Crippen molar-refractivity contribution in [1.29, 1.82) is 0 Å². The van der Waals surface area contributed by atoms with E-state index in [4.69, 9.17) is 10.5 Å². The number of nitrogens with zero attached hydrogens (tertiary/aromatic N) is 2. The first-order valence-electron chi connectivity index (χ1n) is 13.8. The summed E-state index contributed by atoms with van der Waals surface area (Å²) >= 11 is 0. The van der Waals surface area contributed by atoms with Crippen LogP contribution in [0.4, 0.5) is 10.1 Å². The molecular weight excluding hydrogens is 557 g/mol. The topological polar surface area (TPSA) is 166 Å². The van der Waals surface area contributed by atoms with E-state index < -0.39 is 47.3 Å². The number of pyridine rings is 2. The number of carbonyl (C=O) groups is 3. The molecule has 0 saturated carbocycles. The monoisotopic (exact) mass is 585 g/mol. The number of hydrogen-bond donors (Lipinski definition) is 4. The highest BCUT2D eigenvalue weighted by molar-refractivity contribution is 5.97. The fourth-order valence-electron chi connectivity index (χ4n) is 5.56. The number of aliphatic hydroxyl groups is 1. The quantitative estimate of drug-likeness (QED) is 0.210. The number of cyclic esters (lactones) is 1. The molecule has 0 spiro atoms. The zero-order chi connectivity index (χ0) is 30.5. The molecule has 2 aliphatic rings. The molecule has 2 atom stereocenters. The summed E-state index contributed by atoms with van der Waals surface area (Å²) < 4.78 is 21.6. The van der Waals surface area contributed by atoms with Crippen molar-refractivity contribution < 1.29 is 28.6 Å². The minimum atomic E-state index is -1.95. The van der Waals surface area contributed by atoms with Crippen molar-refractivity contribution in [2.45, 2.75) is 44.6 Å². The Morgan fingerprint density at radius 2 is 1.95 bits per heavy atom. The molecule has 2 amide bonds. The Kier molecular flexibility index (Phi) is 7.03. The number of hydrogen-bond acceptors (Lipinski definition) is 8. The van der Waals surface area contributed by atoms with Gasteiger partial charge in [0.25, 0.3) is 5.56 Å². The molecule has 0 fully saturated rings. The van der Waals surface area contributed by atoms with E-state index in [0.717, 1.165) is 5.56 Å². The summed E-state index contributed by atoms with van der Waals surface area (Å²) in [5.41, 5.74) is 6.55. The van der Waals surface area contributed by atoms with Crippen LogP contribution in [-0.2, 0) is 44.3 Å². The average molecular weight is 586 g/mol. The van der Waals surface area contributed by atoms with Crippen LogP contribution in [0.3, 0.4) is 0 Å². The number of esters is 1. The smallest absolute Gasteiger partial charge is 0.343 e. The number of carbonyl (C=O) groups excluding carboxylic acids is 3. The zero-order valence-electron chi connectivity index (χ0n) is 23.1. The molecule has 0 aliphatic carbocycles. The second kappa shape index (κ2) is 10.7. The molecule has 5 N–H and O–H groups in total. The Morgan fingerprint density at radius 3 is 2.70 bits per heavy atom. The Labute approximate surface area is 244 Å². The first-order chi connectivity index (χ1) is 20.6. The minimum Gasteiger partial charge on any atom is -0.458 e. The summed E-state index contributed by atoms with van der Waals surface area (Å²) in [6.07, 6.45) is 0.318. The third-order valence-corrected chi connectivity index (χ3v) is 7.93. The van der Waals surface area contributed by atoms with Gasteiger partial charge in [-0.15, -0.1) is 0 Å². The first kappa shape index (κ1) is 28.2. The van der Waals surface area contributed by atoms with Crippen molar-refractivity contribution in [1.82, 2.24) is 14.9 Å². The standard InChI is InChI=1S/C31H28FN5O6/c1-2-31(42)20-11-25-27-18(14-37(25)29(40)19(20)15-43-30(31)41)9-17-10-24(21(32)12-23(17)36-27)35-26(38)13-34-28(39)22(33)8-16-6-4-3-5-7-16/h3-7,9-12,22,42H,2,8,13-15,33H2,1H3,(H,34,39)(H,35,38)/t22?,31-/m0/s1. The maximum absolute atomic E-state index is 15.1. The molecule has 12 heteroatoms. The number of nitrogens with one attached hydrogen (secondary N) is 2. The summed E-state index contributed by atoms with van der Waals surface area (Å²) in [6.45, 7) is 1.15. The van der Waals surface area contributed by atoms with E-state index in [9.17, 15) is 24.3 Å².